The molecule has 3 nitrogen and oxygen atoms in total. The molecule has 0 saturated heterocycles. The number of aromatic nitrogens is 1. The number of anilines is 1. The SMILES string of the molecule is C#CC(=O)Nc1ccc(F)nc1. The Labute approximate surface area is 68.6 Å². The smallest absolute Gasteiger partial charge is 0.300 e. The lowest BCUT2D eigenvalue weighted by Crippen LogP contribution is -2.08. The number of nitrogens with zero attached hydrogens (tertiary/aromatic N) is 1. The van der Waals surface area contributed by atoms with Crippen molar-refractivity contribution in [3.05, 3.63) is 24.3 Å². The zero-order valence-corrected chi connectivity index (χ0v) is 6.04. The maximum absolute atomic E-state index is 12.2. The molecule has 1 aromatic rings. The molecule has 1 amide bonds. The first-order valence-electron chi connectivity index (χ1n) is 3.11. The van der Waals surface area contributed by atoms with Crippen LogP contribution >= 0.6 is 0 Å². The molecule has 0 aliphatic carbocycles. The highest BCUT2D eigenvalue weighted by molar-refractivity contribution is 6.03. The van der Waals surface area contributed by atoms with Gasteiger partial charge in [0.2, 0.25) is 5.95 Å². The fraction of sp³-hybridized carbons (Fsp3) is 0. The van der Waals surface area contributed by atoms with Crippen LogP contribution in [-0.2, 0) is 4.79 Å². The van der Waals surface area contributed by atoms with Crippen LogP contribution in [0.25, 0.3) is 0 Å². The third-order valence-electron chi connectivity index (χ3n) is 1.12. The van der Waals surface area contributed by atoms with Crippen LogP contribution in [0.15, 0.2) is 18.3 Å². The van der Waals surface area contributed by atoms with E-state index in [1.165, 1.54) is 12.3 Å². The minimum absolute atomic E-state index is 0.374. The maximum atomic E-state index is 12.2. The van der Waals surface area contributed by atoms with Crippen molar-refractivity contribution in [3.63, 3.8) is 0 Å². The van der Waals surface area contributed by atoms with Crippen LogP contribution in [0.4, 0.5) is 10.1 Å². The number of rotatable bonds is 1. The number of nitrogens with one attached hydrogen (secondary N) is 1. The highest BCUT2D eigenvalue weighted by atomic mass is 19.1. The highest BCUT2D eigenvalue weighted by Crippen LogP contribution is 2.03. The summed E-state index contributed by atoms with van der Waals surface area (Å²) in [5.74, 6) is 0.673. The molecule has 0 radical (unpaired) electrons. The van der Waals surface area contributed by atoms with Gasteiger partial charge in [0.25, 0.3) is 5.91 Å². The first-order valence-corrected chi connectivity index (χ1v) is 3.11. The van der Waals surface area contributed by atoms with Crippen LogP contribution in [0.5, 0.6) is 0 Å². The molecule has 1 aromatic heterocycles. The van der Waals surface area contributed by atoms with E-state index in [1.54, 1.807) is 0 Å². The fourth-order valence-corrected chi connectivity index (χ4v) is 0.617. The van der Waals surface area contributed by atoms with Crippen LogP contribution in [0.2, 0.25) is 0 Å². The Bertz CT molecular complexity index is 326. The first-order chi connectivity index (χ1) is 5.72. The van der Waals surface area contributed by atoms with E-state index in [0.29, 0.717) is 5.69 Å². The van der Waals surface area contributed by atoms with Gasteiger partial charge in [0.05, 0.1) is 11.9 Å². The number of halogens is 1. The van der Waals surface area contributed by atoms with Crippen LogP contribution in [0, 0.1) is 18.3 Å². The largest absolute Gasteiger partial charge is 0.314 e. The Morgan fingerprint density at radius 2 is 2.42 bits per heavy atom. The van der Waals surface area contributed by atoms with Crippen molar-refractivity contribution in [2.75, 3.05) is 5.32 Å². The van der Waals surface area contributed by atoms with Gasteiger partial charge in [-0.3, -0.25) is 4.79 Å². The molecule has 0 bridgehead atoms. The fourth-order valence-electron chi connectivity index (χ4n) is 0.617. The molecule has 0 saturated carbocycles. The van der Waals surface area contributed by atoms with E-state index in [2.05, 4.69) is 10.3 Å². The quantitative estimate of drug-likeness (QED) is 0.492. The molecule has 12 heavy (non-hydrogen) atoms. The van der Waals surface area contributed by atoms with E-state index in [1.807, 2.05) is 5.92 Å². The van der Waals surface area contributed by atoms with Crippen LogP contribution < -0.4 is 5.32 Å². The summed E-state index contributed by atoms with van der Waals surface area (Å²) in [6, 6.07) is 2.50. The average Bonchev–Trinajstić information content (AvgIpc) is 2.09. The third kappa shape index (κ3) is 2.06. The van der Waals surface area contributed by atoms with Gasteiger partial charge in [0.1, 0.15) is 0 Å². The molecule has 1 heterocycles. The van der Waals surface area contributed by atoms with Gasteiger partial charge in [-0.05, 0) is 18.1 Å². The second kappa shape index (κ2) is 3.49. The van der Waals surface area contributed by atoms with Crippen LogP contribution in [-0.4, -0.2) is 10.9 Å². The van der Waals surface area contributed by atoms with Crippen molar-refractivity contribution in [1.82, 2.24) is 4.98 Å². The van der Waals surface area contributed by atoms with Gasteiger partial charge in [-0.2, -0.15) is 4.39 Å². The Kier molecular flexibility index (Phi) is 2.38. The van der Waals surface area contributed by atoms with E-state index in [-0.39, 0.29) is 0 Å². The van der Waals surface area contributed by atoms with Crippen LogP contribution in [0.3, 0.4) is 0 Å². The number of hydrogen-bond acceptors (Lipinski definition) is 2. The van der Waals surface area contributed by atoms with Crippen molar-refractivity contribution in [2.45, 2.75) is 0 Å². The lowest BCUT2D eigenvalue weighted by Gasteiger charge is -1.97. The molecule has 0 unspecified atom stereocenters. The number of carbonyl (C=O) groups is 1. The van der Waals surface area contributed by atoms with Gasteiger partial charge < -0.3 is 5.32 Å². The summed E-state index contributed by atoms with van der Waals surface area (Å²) in [7, 11) is 0. The van der Waals surface area contributed by atoms with E-state index in [9.17, 15) is 9.18 Å². The molecular formula is C8H5FN2O. The Morgan fingerprint density at radius 3 is 2.92 bits per heavy atom. The number of carbonyl (C=O) groups excluding carboxylic acids is 1. The van der Waals surface area contributed by atoms with Gasteiger partial charge >= 0.3 is 0 Å². The van der Waals surface area contributed by atoms with Crippen molar-refractivity contribution in [2.24, 2.45) is 0 Å². The molecule has 0 aromatic carbocycles. The minimum Gasteiger partial charge on any atom is -0.314 e. The predicted octanol–water partition coefficient (Wildman–Crippen LogP) is 0.792. The molecule has 4 heteroatoms. The molecule has 0 fully saturated rings. The van der Waals surface area contributed by atoms with Crippen molar-refractivity contribution in [3.8, 4) is 12.3 Å². The number of terminal acetylenes is 1. The van der Waals surface area contributed by atoms with Gasteiger partial charge in [0, 0.05) is 0 Å². The number of amides is 1. The van der Waals surface area contributed by atoms with E-state index < -0.39 is 11.9 Å². The summed E-state index contributed by atoms with van der Waals surface area (Å²) in [6.07, 6.45) is 5.98. The van der Waals surface area contributed by atoms with Crippen molar-refractivity contribution in [1.29, 1.82) is 0 Å². The normalized spacial score (nSPS) is 8.67. The second-order valence-electron chi connectivity index (χ2n) is 1.97. The van der Waals surface area contributed by atoms with Crippen molar-refractivity contribution >= 4 is 11.6 Å². The predicted molar refractivity (Wildman–Crippen MR) is 41.7 cm³/mol. The number of pyridine rings is 1. The molecule has 1 rings (SSSR count). The zero-order valence-electron chi connectivity index (χ0n) is 6.04. The third-order valence-corrected chi connectivity index (χ3v) is 1.12. The highest BCUT2D eigenvalue weighted by Gasteiger charge is 1.97. The van der Waals surface area contributed by atoms with Gasteiger partial charge in [0.15, 0.2) is 0 Å². The summed E-state index contributed by atoms with van der Waals surface area (Å²) in [5, 5.41) is 2.31. The molecule has 0 spiro atoms. The second-order valence-corrected chi connectivity index (χ2v) is 1.97. The van der Waals surface area contributed by atoms with E-state index in [4.69, 9.17) is 6.42 Å². The van der Waals surface area contributed by atoms with Crippen molar-refractivity contribution < 1.29 is 9.18 Å². The average molecular weight is 164 g/mol. The molecule has 60 valence electrons. The zero-order chi connectivity index (χ0) is 8.97. The Balaban J connectivity index is 2.73. The van der Waals surface area contributed by atoms with E-state index >= 15 is 0 Å². The minimum atomic E-state index is -0.603. The molecular weight excluding hydrogens is 159 g/mol. The lowest BCUT2D eigenvalue weighted by atomic mass is 10.4. The molecule has 0 aliphatic rings. The van der Waals surface area contributed by atoms with E-state index in [0.717, 1.165) is 6.07 Å². The monoisotopic (exact) mass is 164 g/mol. The summed E-state index contributed by atoms with van der Waals surface area (Å²) in [4.78, 5) is 13.9. The topological polar surface area (TPSA) is 42.0 Å². The Hall–Kier alpha value is -1.89. The van der Waals surface area contributed by atoms with Gasteiger partial charge in [-0.25, -0.2) is 4.98 Å². The summed E-state index contributed by atoms with van der Waals surface area (Å²) in [6.45, 7) is 0. The molecule has 1 N–H and O–H groups in total. The molecule has 0 aliphatic heterocycles. The van der Waals surface area contributed by atoms with Gasteiger partial charge in [-0.1, -0.05) is 0 Å². The lowest BCUT2D eigenvalue weighted by molar-refractivity contribution is -0.111. The first kappa shape index (κ1) is 8.21. The molecule has 0 atom stereocenters. The van der Waals surface area contributed by atoms with Crippen LogP contribution in [0.1, 0.15) is 0 Å². The number of hydrogen-bond donors (Lipinski definition) is 1. The Morgan fingerprint density at radius 1 is 1.67 bits per heavy atom. The maximum Gasteiger partial charge on any atom is 0.300 e. The summed E-state index contributed by atoms with van der Waals surface area (Å²) in [5.41, 5.74) is 0.374. The summed E-state index contributed by atoms with van der Waals surface area (Å²) >= 11 is 0. The summed E-state index contributed by atoms with van der Waals surface area (Å²) < 4.78 is 12.2. The standard InChI is InChI=1S/C8H5FN2O/c1-2-8(12)11-6-3-4-7(9)10-5-6/h1,3-5H,(H,11,12). The van der Waals surface area contributed by atoms with Gasteiger partial charge in [-0.15, -0.1) is 6.42 Å².